The molecule has 0 spiro atoms. The molecule has 1 rings (SSSR count). The summed E-state index contributed by atoms with van der Waals surface area (Å²) in [5.41, 5.74) is 6.40. The minimum absolute atomic E-state index is 0.0692. The first-order chi connectivity index (χ1) is 8.88. The van der Waals surface area contributed by atoms with E-state index in [0.29, 0.717) is 11.1 Å². The molecule has 0 saturated carbocycles. The predicted molar refractivity (Wildman–Crippen MR) is 72.4 cm³/mol. The molecular formula is C13H19N3O3. The second kappa shape index (κ2) is 6.08. The van der Waals surface area contributed by atoms with Crippen molar-refractivity contribution < 1.29 is 15.1 Å². The second-order valence-corrected chi connectivity index (χ2v) is 4.51. The number of phenolic OH excluding ortho intramolecular Hbond substituents is 1. The molecule has 1 aromatic rings. The Balaban J connectivity index is 2.90. The molecule has 0 aromatic heterocycles. The van der Waals surface area contributed by atoms with E-state index >= 15 is 0 Å². The number of rotatable bonds is 4. The maximum Gasteiger partial charge on any atom is 0.254 e. The highest BCUT2D eigenvalue weighted by Gasteiger charge is 2.20. The van der Waals surface area contributed by atoms with Gasteiger partial charge in [0.25, 0.3) is 5.91 Å². The number of hydrogen-bond donors (Lipinski definition) is 3. The van der Waals surface area contributed by atoms with Gasteiger partial charge < -0.3 is 20.9 Å². The maximum absolute atomic E-state index is 12.3. The average molecular weight is 265 g/mol. The fourth-order valence-electron chi connectivity index (χ4n) is 1.73. The van der Waals surface area contributed by atoms with Crippen LogP contribution < -0.4 is 5.73 Å². The van der Waals surface area contributed by atoms with E-state index in [2.05, 4.69) is 5.16 Å². The van der Waals surface area contributed by atoms with Gasteiger partial charge in [-0.15, -0.1) is 0 Å². The number of hydrogen-bond acceptors (Lipinski definition) is 4. The summed E-state index contributed by atoms with van der Waals surface area (Å²) in [5.74, 6) is -0.0604. The molecule has 6 heteroatoms. The zero-order valence-electron chi connectivity index (χ0n) is 11.3. The van der Waals surface area contributed by atoms with Gasteiger partial charge in [-0.1, -0.05) is 11.2 Å². The maximum atomic E-state index is 12.3. The Morgan fingerprint density at radius 3 is 2.74 bits per heavy atom. The number of carbonyl (C=O) groups is 1. The molecule has 1 unspecified atom stereocenters. The second-order valence-electron chi connectivity index (χ2n) is 4.51. The van der Waals surface area contributed by atoms with E-state index in [9.17, 15) is 9.90 Å². The van der Waals surface area contributed by atoms with Crippen LogP contribution in [0.2, 0.25) is 0 Å². The smallest absolute Gasteiger partial charge is 0.254 e. The lowest BCUT2D eigenvalue weighted by molar-refractivity contribution is 0.0746. The van der Waals surface area contributed by atoms with E-state index < -0.39 is 0 Å². The van der Waals surface area contributed by atoms with Crippen molar-refractivity contribution in [1.82, 2.24) is 4.90 Å². The zero-order chi connectivity index (χ0) is 14.6. The SMILES string of the molecule is Cc1c(O)cccc1C(=O)N(C)C(C)C/C(N)=N/O. The lowest BCUT2D eigenvalue weighted by Crippen LogP contribution is -2.38. The van der Waals surface area contributed by atoms with E-state index in [1.54, 1.807) is 33.0 Å². The van der Waals surface area contributed by atoms with Crippen LogP contribution in [0.3, 0.4) is 0 Å². The Bertz CT molecular complexity index is 500. The monoisotopic (exact) mass is 265 g/mol. The third-order valence-electron chi connectivity index (χ3n) is 3.15. The van der Waals surface area contributed by atoms with Gasteiger partial charge in [-0.25, -0.2) is 0 Å². The highest BCUT2D eigenvalue weighted by Crippen LogP contribution is 2.21. The molecule has 1 aromatic carbocycles. The largest absolute Gasteiger partial charge is 0.508 e. The minimum atomic E-state index is -0.217. The molecule has 0 saturated heterocycles. The van der Waals surface area contributed by atoms with Crippen molar-refractivity contribution in [2.75, 3.05) is 7.05 Å². The third-order valence-corrected chi connectivity index (χ3v) is 3.15. The predicted octanol–water partition coefficient (Wildman–Crippen LogP) is 1.30. The molecule has 104 valence electrons. The summed E-state index contributed by atoms with van der Waals surface area (Å²) in [6, 6.07) is 4.60. The van der Waals surface area contributed by atoms with Gasteiger partial charge in [-0.3, -0.25) is 4.79 Å². The summed E-state index contributed by atoms with van der Waals surface area (Å²) in [6.45, 7) is 3.48. The third kappa shape index (κ3) is 3.37. The van der Waals surface area contributed by atoms with E-state index in [-0.39, 0.29) is 30.0 Å². The number of phenols is 1. The van der Waals surface area contributed by atoms with Crippen LogP contribution in [0.15, 0.2) is 23.4 Å². The van der Waals surface area contributed by atoms with Gasteiger partial charge in [0.2, 0.25) is 0 Å². The van der Waals surface area contributed by atoms with Gasteiger partial charge in [-0.05, 0) is 26.0 Å². The van der Waals surface area contributed by atoms with E-state index in [0.717, 1.165) is 0 Å². The number of benzene rings is 1. The first-order valence-electron chi connectivity index (χ1n) is 5.90. The topological polar surface area (TPSA) is 99.2 Å². The number of amides is 1. The lowest BCUT2D eigenvalue weighted by Gasteiger charge is -2.25. The normalized spacial score (nSPS) is 13.1. The molecule has 0 aliphatic carbocycles. The zero-order valence-corrected chi connectivity index (χ0v) is 11.3. The lowest BCUT2D eigenvalue weighted by atomic mass is 10.1. The molecule has 0 heterocycles. The van der Waals surface area contributed by atoms with Crippen LogP contribution >= 0.6 is 0 Å². The highest BCUT2D eigenvalue weighted by atomic mass is 16.4. The summed E-state index contributed by atoms with van der Waals surface area (Å²) in [4.78, 5) is 13.8. The van der Waals surface area contributed by atoms with Crippen LogP contribution in [-0.2, 0) is 0 Å². The molecule has 0 fully saturated rings. The van der Waals surface area contributed by atoms with Crippen LogP contribution in [0.25, 0.3) is 0 Å². The van der Waals surface area contributed by atoms with Crippen molar-refractivity contribution in [3.8, 4) is 5.75 Å². The molecule has 4 N–H and O–H groups in total. The fraction of sp³-hybridized carbons (Fsp3) is 0.385. The standard InChI is InChI=1S/C13H19N3O3/c1-8(7-12(14)15-19)16(3)13(18)10-5-4-6-11(17)9(10)2/h4-6,8,17,19H,7H2,1-3H3,(H2,14,15). The molecular weight excluding hydrogens is 246 g/mol. The Morgan fingerprint density at radius 2 is 2.16 bits per heavy atom. The van der Waals surface area contributed by atoms with Crippen LogP contribution in [-0.4, -0.2) is 40.0 Å². The van der Waals surface area contributed by atoms with Gasteiger partial charge in [0, 0.05) is 30.6 Å². The Labute approximate surface area is 112 Å². The Kier molecular flexibility index (Phi) is 4.74. The number of amidine groups is 1. The van der Waals surface area contributed by atoms with Crippen molar-refractivity contribution in [2.24, 2.45) is 10.9 Å². The summed E-state index contributed by atoms with van der Waals surface area (Å²) >= 11 is 0. The van der Waals surface area contributed by atoms with Crippen LogP contribution in [0.4, 0.5) is 0 Å². The molecule has 0 aliphatic heterocycles. The summed E-state index contributed by atoms with van der Waals surface area (Å²) in [5, 5.41) is 21.0. The molecule has 0 aliphatic rings. The number of oxime groups is 1. The summed E-state index contributed by atoms with van der Waals surface area (Å²) < 4.78 is 0. The first kappa shape index (κ1) is 14.8. The van der Waals surface area contributed by atoms with E-state index in [1.165, 1.54) is 11.0 Å². The fourth-order valence-corrected chi connectivity index (χ4v) is 1.73. The van der Waals surface area contributed by atoms with Crippen LogP contribution in [0.5, 0.6) is 5.75 Å². The van der Waals surface area contributed by atoms with Crippen molar-refractivity contribution in [2.45, 2.75) is 26.3 Å². The molecule has 0 bridgehead atoms. The highest BCUT2D eigenvalue weighted by molar-refractivity contribution is 5.96. The summed E-state index contributed by atoms with van der Waals surface area (Å²) in [7, 11) is 1.64. The van der Waals surface area contributed by atoms with Crippen molar-refractivity contribution in [1.29, 1.82) is 0 Å². The van der Waals surface area contributed by atoms with Crippen molar-refractivity contribution >= 4 is 11.7 Å². The van der Waals surface area contributed by atoms with Crippen LogP contribution in [0, 0.1) is 6.92 Å². The summed E-state index contributed by atoms with van der Waals surface area (Å²) in [6.07, 6.45) is 0.274. The number of carbonyl (C=O) groups excluding carboxylic acids is 1. The van der Waals surface area contributed by atoms with Crippen molar-refractivity contribution in [3.63, 3.8) is 0 Å². The van der Waals surface area contributed by atoms with Gasteiger partial charge in [0.05, 0.1) is 0 Å². The van der Waals surface area contributed by atoms with Crippen LogP contribution in [0.1, 0.15) is 29.3 Å². The van der Waals surface area contributed by atoms with Crippen molar-refractivity contribution in [3.05, 3.63) is 29.3 Å². The molecule has 19 heavy (non-hydrogen) atoms. The number of nitrogens with two attached hydrogens (primary N) is 1. The Morgan fingerprint density at radius 1 is 1.53 bits per heavy atom. The minimum Gasteiger partial charge on any atom is -0.508 e. The Hall–Kier alpha value is -2.24. The van der Waals surface area contributed by atoms with Gasteiger partial charge >= 0.3 is 0 Å². The van der Waals surface area contributed by atoms with Gasteiger partial charge in [-0.2, -0.15) is 0 Å². The average Bonchev–Trinajstić information content (AvgIpc) is 2.39. The van der Waals surface area contributed by atoms with E-state index in [4.69, 9.17) is 10.9 Å². The van der Waals surface area contributed by atoms with Gasteiger partial charge in [0.1, 0.15) is 11.6 Å². The molecule has 0 radical (unpaired) electrons. The van der Waals surface area contributed by atoms with Gasteiger partial charge in [0.15, 0.2) is 0 Å². The number of aromatic hydroxyl groups is 1. The molecule has 1 atom stereocenters. The molecule has 6 nitrogen and oxygen atoms in total. The first-order valence-corrected chi connectivity index (χ1v) is 5.90. The quantitative estimate of drug-likeness (QED) is 0.330. The van der Waals surface area contributed by atoms with E-state index in [1.807, 2.05) is 0 Å². The molecule has 1 amide bonds. The number of nitrogens with zero attached hydrogens (tertiary/aromatic N) is 2.